The van der Waals surface area contributed by atoms with E-state index in [2.05, 4.69) is 25.4 Å². The molecular weight excluding hydrogens is 216 g/mol. The molecule has 0 fully saturated rings. The third-order valence-corrected chi connectivity index (χ3v) is 2.38. The molecule has 0 aromatic carbocycles. The zero-order chi connectivity index (χ0) is 13.4. The van der Waals surface area contributed by atoms with Gasteiger partial charge in [0.1, 0.15) is 0 Å². The first kappa shape index (κ1) is 15.6. The molecule has 0 aliphatic carbocycles. The maximum Gasteiger partial charge on any atom is 0.217 e. The van der Waals surface area contributed by atoms with Gasteiger partial charge in [-0.3, -0.25) is 9.79 Å². The van der Waals surface area contributed by atoms with E-state index in [0.717, 1.165) is 12.8 Å². The van der Waals surface area contributed by atoms with Crippen LogP contribution in [0.4, 0.5) is 0 Å². The second-order valence-corrected chi connectivity index (χ2v) is 4.30. The van der Waals surface area contributed by atoms with Gasteiger partial charge >= 0.3 is 0 Å². The zero-order valence-electron chi connectivity index (χ0n) is 10.8. The maximum absolute atomic E-state index is 11.5. The lowest BCUT2D eigenvalue weighted by molar-refractivity contribution is -0.118. The van der Waals surface area contributed by atoms with Crippen LogP contribution in [0, 0.1) is 5.92 Å². The minimum atomic E-state index is -0.866. The number of carbonyl (C=O) groups is 1. The molecule has 4 nitrogen and oxygen atoms in total. The molecule has 17 heavy (non-hydrogen) atoms. The molecule has 0 amide bonds. The summed E-state index contributed by atoms with van der Waals surface area (Å²) in [6, 6.07) is -0.866. The summed E-state index contributed by atoms with van der Waals surface area (Å²) in [5.41, 5.74) is 6.14. The van der Waals surface area contributed by atoms with E-state index in [1.165, 1.54) is 12.2 Å². The van der Waals surface area contributed by atoms with Crippen LogP contribution in [0.3, 0.4) is 0 Å². The lowest BCUT2D eigenvalue weighted by Gasteiger charge is -2.07. The van der Waals surface area contributed by atoms with Crippen molar-refractivity contribution in [2.24, 2.45) is 16.6 Å². The summed E-state index contributed by atoms with van der Waals surface area (Å²) in [6.07, 6.45) is 4.37. The van der Waals surface area contributed by atoms with Crippen LogP contribution in [0.25, 0.3) is 0 Å². The molecule has 1 unspecified atom stereocenters. The van der Waals surface area contributed by atoms with Crippen molar-refractivity contribution in [3.8, 4) is 0 Å². The number of aliphatic hydroxyl groups excluding tert-OH is 1. The Labute approximate surface area is 103 Å². The molecule has 0 saturated carbocycles. The van der Waals surface area contributed by atoms with Crippen molar-refractivity contribution in [2.75, 3.05) is 7.05 Å². The predicted octanol–water partition coefficient (Wildman–Crippen LogP) is 2.02. The van der Waals surface area contributed by atoms with Gasteiger partial charge in [-0.2, -0.15) is 0 Å². The highest BCUT2D eigenvalue weighted by molar-refractivity contribution is 6.05. The predicted molar refractivity (Wildman–Crippen MR) is 71.3 cm³/mol. The Hall–Kier alpha value is -1.42. The number of hydrogen-bond donors (Lipinski definition) is 2. The van der Waals surface area contributed by atoms with E-state index >= 15 is 0 Å². The molecule has 0 saturated heterocycles. The zero-order valence-corrected chi connectivity index (χ0v) is 10.8. The van der Waals surface area contributed by atoms with Crippen molar-refractivity contribution in [1.82, 2.24) is 0 Å². The molecule has 1 atom stereocenters. The lowest BCUT2D eigenvalue weighted by atomic mass is 10.0. The van der Waals surface area contributed by atoms with E-state index in [1.54, 1.807) is 7.05 Å². The fraction of sp³-hybridized carbons (Fsp3) is 0.538. The van der Waals surface area contributed by atoms with E-state index in [1.807, 2.05) is 0 Å². The fourth-order valence-electron chi connectivity index (χ4n) is 1.19. The highest BCUT2D eigenvalue weighted by Gasteiger charge is 2.14. The van der Waals surface area contributed by atoms with Gasteiger partial charge in [0.05, 0.1) is 6.04 Å². The third-order valence-electron chi connectivity index (χ3n) is 2.38. The second-order valence-electron chi connectivity index (χ2n) is 4.30. The average Bonchev–Trinajstić information content (AvgIpc) is 2.31. The SMILES string of the molecule is C=CC(N)C(=O)/C(O)=C\C(CCC(C)C)=N/C. The summed E-state index contributed by atoms with van der Waals surface area (Å²) in [4.78, 5) is 15.5. The van der Waals surface area contributed by atoms with E-state index in [4.69, 9.17) is 5.73 Å². The van der Waals surface area contributed by atoms with Crippen LogP contribution in [-0.4, -0.2) is 29.7 Å². The molecule has 0 aliphatic rings. The molecule has 0 rings (SSSR count). The van der Waals surface area contributed by atoms with Crippen molar-refractivity contribution in [3.05, 3.63) is 24.5 Å². The molecular formula is C13H22N2O2. The quantitative estimate of drug-likeness (QED) is 0.308. The van der Waals surface area contributed by atoms with Crippen molar-refractivity contribution in [2.45, 2.75) is 32.7 Å². The molecule has 0 aromatic heterocycles. The Balaban J connectivity index is 4.63. The van der Waals surface area contributed by atoms with Gasteiger partial charge in [-0.05, 0) is 18.8 Å². The summed E-state index contributed by atoms with van der Waals surface area (Å²) in [5, 5.41) is 9.59. The van der Waals surface area contributed by atoms with Gasteiger partial charge < -0.3 is 10.8 Å². The number of rotatable bonds is 7. The van der Waals surface area contributed by atoms with Crippen molar-refractivity contribution >= 4 is 11.5 Å². The number of nitrogens with two attached hydrogens (primary N) is 1. The van der Waals surface area contributed by atoms with E-state index in [-0.39, 0.29) is 5.76 Å². The lowest BCUT2D eigenvalue weighted by Crippen LogP contribution is -2.29. The molecule has 3 N–H and O–H groups in total. The van der Waals surface area contributed by atoms with Crippen LogP contribution in [0.15, 0.2) is 29.5 Å². The minimum Gasteiger partial charge on any atom is -0.504 e. The van der Waals surface area contributed by atoms with Crippen LogP contribution in [0.5, 0.6) is 0 Å². The molecule has 0 aromatic rings. The first-order valence-corrected chi connectivity index (χ1v) is 5.71. The van der Waals surface area contributed by atoms with Crippen LogP contribution >= 0.6 is 0 Å². The van der Waals surface area contributed by atoms with Crippen LogP contribution in [0.2, 0.25) is 0 Å². The minimum absolute atomic E-state index is 0.359. The molecule has 96 valence electrons. The van der Waals surface area contributed by atoms with Crippen molar-refractivity contribution < 1.29 is 9.90 Å². The van der Waals surface area contributed by atoms with Crippen molar-refractivity contribution in [1.29, 1.82) is 0 Å². The molecule has 0 bridgehead atoms. The number of carbonyl (C=O) groups excluding carboxylic acids is 1. The van der Waals surface area contributed by atoms with Gasteiger partial charge in [-0.1, -0.05) is 19.9 Å². The number of hydrogen-bond acceptors (Lipinski definition) is 4. The van der Waals surface area contributed by atoms with Gasteiger partial charge in [0, 0.05) is 18.8 Å². The third kappa shape index (κ3) is 6.02. The summed E-state index contributed by atoms with van der Waals surface area (Å²) < 4.78 is 0. The van der Waals surface area contributed by atoms with Gasteiger partial charge in [0.15, 0.2) is 5.76 Å². The summed E-state index contributed by atoms with van der Waals surface area (Å²) >= 11 is 0. The molecule has 0 aliphatic heterocycles. The topological polar surface area (TPSA) is 75.7 Å². The second kappa shape index (κ2) is 7.79. The highest BCUT2D eigenvalue weighted by atomic mass is 16.3. The Kier molecular flexibility index (Phi) is 7.14. The molecule has 0 spiro atoms. The Morgan fingerprint density at radius 2 is 2.12 bits per heavy atom. The fourth-order valence-corrected chi connectivity index (χ4v) is 1.19. The van der Waals surface area contributed by atoms with Crippen LogP contribution in [-0.2, 0) is 4.79 Å². The first-order chi connectivity index (χ1) is 7.92. The van der Waals surface area contributed by atoms with E-state index < -0.39 is 11.8 Å². The number of aliphatic imine (C=N–C) groups is 1. The first-order valence-electron chi connectivity index (χ1n) is 5.71. The molecule has 4 heteroatoms. The van der Waals surface area contributed by atoms with Crippen LogP contribution in [0.1, 0.15) is 26.7 Å². The van der Waals surface area contributed by atoms with Gasteiger partial charge in [-0.25, -0.2) is 0 Å². The van der Waals surface area contributed by atoms with E-state index in [0.29, 0.717) is 11.6 Å². The number of ketones is 1. The van der Waals surface area contributed by atoms with Gasteiger partial charge in [-0.15, -0.1) is 6.58 Å². The van der Waals surface area contributed by atoms with Gasteiger partial charge in [0.25, 0.3) is 0 Å². The monoisotopic (exact) mass is 238 g/mol. The number of allylic oxidation sites excluding steroid dienone is 1. The van der Waals surface area contributed by atoms with Crippen molar-refractivity contribution in [3.63, 3.8) is 0 Å². The smallest absolute Gasteiger partial charge is 0.217 e. The molecule has 0 radical (unpaired) electrons. The van der Waals surface area contributed by atoms with E-state index in [9.17, 15) is 9.90 Å². The largest absolute Gasteiger partial charge is 0.504 e. The number of aliphatic hydroxyl groups is 1. The summed E-state index contributed by atoms with van der Waals surface area (Å²) in [7, 11) is 1.64. The summed E-state index contributed by atoms with van der Waals surface area (Å²) in [5.74, 6) is -0.346. The summed E-state index contributed by atoms with van der Waals surface area (Å²) in [6.45, 7) is 7.62. The molecule has 0 heterocycles. The number of nitrogens with zero attached hydrogens (tertiary/aromatic N) is 1. The average molecular weight is 238 g/mol. The maximum atomic E-state index is 11.5. The Morgan fingerprint density at radius 3 is 2.53 bits per heavy atom. The normalized spacial score (nSPS) is 14.9. The number of Topliss-reactive ketones (excluding diaryl/α,β-unsaturated/α-hetero) is 1. The standard InChI is InChI=1S/C13H22N2O2/c1-5-11(14)13(17)12(16)8-10(15-4)7-6-9(2)3/h5,8-9,11,16H,1,6-7,14H2,2-4H3/b12-8+,15-10-. The Bertz CT molecular complexity index is 330. The van der Waals surface area contributed by atoms with Crippen LogP contribution < -0.4 is 5.73 Å². The highest BCUT2D eigenvalue weighted by Crippen LogP contribution is 2.07. The Morgan fingerprint density at radius 1 is 1.53 bits per heavy atom. The van der Waals surface area contributed by atoms with Gasteiger partial charge in [0.2, 0.25) is 5.78 Å².